The van der Waals surface area contributed by atoms with Gasteiger partial charge in [0.05, 0.1) is 18.2 Å². The van der Waals surface area contributed by atoms with Gasteiger partial charge in [0.2, 0.25) is 0 Å². The van der Waals surface area contributed by atoms with Crippen LogP contribution in [0.15, 0.2) is 36.4 Å². The van der Waals surface area contributed by atoms with Crippen molar-refractivity contribution in [2.24, 2.45) is 0 Å². The summed E-state index contributed by atoms with van der Waals surface area (Å²) in [5, 5.41) is 18.7. The summed E-state index contributed by atoms with van der Waals surface area (Å²) in [5.74, 6) is 0.851. The van der Waals surface area contributed by atoms with Crippen LogP contribution in [0.2, 0.25) is 0 Å². The molecule has 2 aromatic rings. The summed E-state index contributed by atoms with van der Waals surface area (Å²) in [4.78, 5) is 0. The van der Waals surface area contributed by atoms with Crippen molar-refractivity contribution in [1.82, 2.24) is 0 Å². The fourth-order valence-corrected chi connectivity index (χ4v) is 2.80. The maximum Gasteiger partial charge on any atom is 1.00 e. The van der Waals surface area contributed by atoms with Crippen molar-refractivity contribution in [3.63, 3.8) is 0 Å². The van der Waals surface area contributed by atoms with Crippen LogP contribution < -0.4 is 34.3 Å². The predicted molar refractivity (Wildman–Crippen MR) is 102 cm³/mol. The average Bonchev–Trinajstić information content (AvgIpc) is 2.62. The molecule has 2 aromatic carbocycles. The first-order valence-corrected chi connectivity index (χ1v) is 8.53. The van der Waals surface area contributed by atoms with E-state index in [1.165, 1.54) is 5.56 Å². The molecule has 2 rings (SSSR count). The Morgan fingerprint density at radius 1 is 1.08 bits per heavy atom. The second-order valence-electron chi connectivity index (χ2n) is 6.01. The van der Waals surface area contributed by atoms with Gasteiger partial charge in [-0.15, -0.1) is 0 Å². The number of rotatable bonds is 7. The largest absolute Gasteiger partial charge is 1.00 e. The van der Waals surface area contributed by atoms with Crippen LogP contribution in [0.5, 0.6) is 5.75 Å². The Balaban J connectivity index is 0.00000312. The van der Waals surface area contributed by atoms with Gasteiger partial charge >= 0.3 is 29.6 Å². The molecule has 0 saturated heterocycles. The van der Waals surface area contributed by atoms with E-state index in [1.54, 1.807) is 0 Å². The van der Waals surface area contributed by atoms with Gasteiger partial charge in [-0.25, -0.2) is 0 Å². The molecule has 0 aliphatic rings. The molecule has 0 bridgehead atoms. The molecule has 0 saturated carbocycles. The van der Waals surface area contributed by atoms with Crippen LogP contribution in [0.3, 0.4) is 0 Å². The molecule has 0 fully saturated rings. The SMILES string of the molecule is CCc1cc(CC)c(OC(C)CO)c(Cc2ccccc2C#N)c1.[B-].[Na+]. The Kier molecular flexibility index (Phi) is 11.6. The zero-order chi connectivity index (χ0) is 17.5. The standard InChI is InChI=1S/C21H25NO2.B.Na/c1-4-16-10-17(5-2)21(24-15(3)14-23)20(11-16)12-18-8-6-7-9-19(18)13-22;;/h6-11,15,23H,4-5,12,14H2,1-3H3;;/q;-1;+1. The summed E-state index contributed by atoms with van der Waals surface area (Å²) in [5.41, 5.74) is 5.18. The molecule has 1 atom stereocenters. The van der Waals surface area contributed by atoms with E-state index in [0.717, 1.165) is 35.3 Å². The topological polar surface area (TPSA) is 53.2 Å². The average molecular weight is 357 g/mol. The quantitative estimate of drug-likeness (QED) is 0.741. The molecular formula is C21H25BNNaO2. The van der Waals surface area contributed by atoms with Crippen molar-refractivity contribution in [2.45, 2.75) is 46.1 Å². The van der Waals surface area contributed by atoms with Crippen LogP contribution in [0.25, 0.3) is 0 Å². The van der Waals surface area contributed by atoms with Crippen molar-refractivity contribution < 1.29 is 39.4 Å². The van der Waals surface area contributed by atoms with E-state index >= 15 is 0 Å². The summed E-state index contributed by atoms with van der Waals surface area (Å²) >= 11 is 0. The van der Waals surface area contributed by atoms with Gasteiger partial charge < -0.3 is 18.3 Å². The first-order valence-electron chi connectivity index (χ1n) is 8.53. The van der Waals surface area contributed by atoms with Crippen molar-refractivity contribution in [3.8, 4) is 11.8 Å². The summed E-state index contributed by atoms with van der Waals surface area (Å²) < 4.78 is 6.03. The van der Waals surface area contributed by atoms with Crippen molar-refractivity contribution in [1.29, 1.82) is 5.26 Å². The summed E-state index contributed by atoms with van der Waals surface area (Å²) in [6.07, 6.45) is 2.22. The van der Waals surface area contributed by atoms with Crippen LogP contribution in [0.1, 0.15) is 48.6 Å². The van der Waals surface area contributed by atoms with Crippen LogP contribution in [-0.4, -0.2) is 26.2 Å². The summed E-state index contributed by atoms with van der Waals surface area (Å²) in [6.45, 7) is 6.09. The third kappa shape index (κ3) is 6.18. The Bertz CT molecular complexity index is 743. The Morgan fingerprint density at radius 2 is 1.73 bits per heavy atom. The van der Waals surface area contributed by atoms with E-state index < -0.39 is 0 Å². The van der Waals surface area contributed by atoms with E-state index in [4.69, 9.17) is 4.74 Å². The number of nitrogens with zero attached hydrogens (tertiary/aromatic N) is 1. The first kappa shape index (κ1) is 24.8. The second-order valence-corrected chi connectivity index (χ2v) is 6.01. The summed E-state index contributed by atoms with van der Waals surface area (Å²) in [7, 11) is 0. The molecule has 0 aromatic heterocycles. The van der Waals surface area contributed by atoms with Crippen LogP contribution >= 0.6 is 0 Å². The fraction of sp³-hybridized carbons (Fsp3) is 0.381. The number of aliphatic hydroxyl groups is 1. The molecule has 4 radical (unpaired) electrons. The molecule has 0 heterocycles. The number of aliphatic hydroxyl groups excluding tert-OH is 1. The van der Waals surface area contributed by atoms with Crippen molar-refractivity contribution in [3.05, 3.63) is 64.2 Å². The molecule has 0 aliphatic heterocycles. The Morgan fingerprint density at radius 3 is 2.31 bits per heavy atom. The Labute approximate surface area is 181 Å². The molecule has 3 nitrogen and oxygen atoms in total. The number of benzene rings is 2. The van der Waals surface area contributed by atoms with E-state index in [0.29, 0.717) is 12.0 Å². The third-order valence-electron chi connectivity index (χ3n) is 4.19. The van der Waals surface area contributed by atoms with Gasteiger partial charge in [0.1, 0.15) is 11.9 Å². The van der Waals surface area contributed by atoms with E-state index in [-0.39, 0.29) is 50.7 Å². The maximum atomic E-state index is 9.36. The number of hydrogen-bond donors (Lipinski definition) is 1. The Hall–Kier alpha value is -1.25. The minimum absolute atomic E-state index is 0. The molecule has 0 amide bonds. The van der Waals surface area contributed by atoms with Crippen LogP contribution in [-0.2, 0) is 19.3 Å². The van der Waals surface area contributed by atoms with Crippen LogP contribution in [0.4, 0.5) is 0 Å². The van der Waals surface area contributed by atoms with E-state index in [2.05, 4.69) is 32.0 Å². The van der Waals surface area contributed by atoms with Gasteiger partial charge in [-0.05, 0) is 48.1 Å². The normalized spacial score (nSPS) is 10.9. The van der Waals surface area contributed by atoms with Gasteiger partial charge in [-0.1, -0.05) is 44.2 Å². The molecule has 0 spiro atoms. The summed E-state index contributed by atoms with van der Waals surface area (Å²) in [6, 6.07) is 14.3. The van der Waals surface area contributed by atoms with E-state index in [1.807, 2.05) is 31.2 Å². The zero-order valence-corrected chi connectivity index (χ0v) is 18.2. The first-order chi connectivity index (χ1) is 11.6. The number of aryl methyl sites for hydroxylation is 2. The number of hydrogen-bond acceptors (Lipinski definition) is 3. The van der Waals surface area contributed by atoms with Crippen molar-refractivity contribution >= 4 is 8.41 Å². The minimum atomic E-state index is -0.257. The third-order valence-corrected chi connectivity index (χ3v) is 4.19. The number of nitriles is 1. The minimum Gasteiger partial charge on any atom is -1.00 e. The predicted octanol–water partition coefficient (Wildman–Crippen LogP) is 0.657. The molecule has 5 heteroatoms. The molecule has 130 valence electrons. The van der Waals surface area contributed by atoms with Gasteiger partial charge in [0.15, 0.2) is 0 Å². The van der Waals surface area contributed by atoms with Gasteiger partial charge in [-0.2, -0.15) is 5.26 Å². The van der Waals surface area contributed by atoms with E-state index in [9.17, 15) is 10.4 Å². The van der Waals surface area contributed by atoms with Gasteiger partial charge in [-0.3, -0.25) is 0 Å². The maximum absolute atomic E-state index is 9.36. The number of ether oxygens (including phenoxy) is 1. The molecule has 1 N–H and O–H groups in total. The van der Waals surface area contributed by atoms with Crippen molar-refractivity contribution in [2.75, 3.05) is 6.61 Å². The fourth-order valence-electron chi connectivity index (χ4n) is 2.80. The molecule has 0 aliphatic carbocycles. The molecular weight excluding hydrogens is 332 g/mol. The monoisotopic (exact) mass is 357 g/mol. The van der Waals surface area contributed by atoms with Gasteiger partial charge in [0.25, 0.3) is 0 Å². The zero-order valence-electron chi connectivity index (χ0n) is 16.2. The molecule has 1 unspecified atom stereocenters. The molecule has 26 heavy (non-hydrogen) atoms. The smallest absolute Gasteiger partial charge is 1.00 e. The van der Waals surface area contributed by atoms with Crippen LogP contribution in [0, 0.1) is 11.3 Å². The second kappa shape index (κ2) is 12.2. The van der Waals surface area contributed by atoms with Gasteiger partial charge in [0, 0.05) is 6.42 Å².